The van der Waals surface area contributed by atoms with E-state index in [9.17, 15) is 9.59 Å². The molecule has 1 atom stereocenters. The van der Waals surface area contributed by atoms with Gasteiger partial charge in [0.25, 0.3) is 17.2 Å². The fourth-order valence-corrected chi connectivity index (χ4v) is 3.18. The van der Waals surface area contributed by atoms with E-state index in [2.05, 4.69) is 32.2 Å². The van der Waals surface area contributed by atoms with Crippen molar-refractivity contribution in [3.8, 4) is 11.3 Å². The quantitative estimate of drug-likeness (QED) is 0.712. The molecule has 0 radical (unpaired) electrons. The van der Waals surface area contributed by atoms with Crippen LogP contribution in [0.1, 0.15) is 24.0 Å². The number of hydrogen-bond acceptors (Lipinski definition) is 5. The van der Waals surface area contributed by atoms with Gasteiger partial charge in [-0.15, -0.1) is 0 Å². The average molecular weight is 352 g/mol. The van der Waals surface area contributed by atoms with Crippen molar-refractivity contribution < 1.29 is 4.79 Å². The molecule has 0 spiro atoms. The Morgan fingerprint density at radius 1 is 1.31 bits per heavy atom. The van der Waals surface area contributed by atoms with Gasteiger partial charge >= 0.3 is 0 Å². The molecule has 1 saturated heterocycles. The summed E-state index contributed by atoms with van der Waals surface area (Å²) >= 11 is 0. The largest absolute Gasteiger partial charge is 0.348 e. The van der Waals surface area contributed by atoms with Crippen LogP contribution < -0.4 is 10.9 Å². The van der Waals surface area contributed by atoms with Crippen LogP contribution in [0.2, 0.25) is 0 Å². The smallest absolute Gasteiger partial charge is 0.288 e. The van der Waals surface area contributed by atoms with Crippen LogP contribution in [-0.2, 0) is 0 Å². The summed E-state index contributed by atoms with van der Waals surface area (Å²) in [4.78, 5) is 35.6. The van der Waals surface area contributed by atoms with Gasteiger partial charge in [0, 0.05) is 30.8 Å². The zero-order chi connectivity index (χ0) is 18.1. The summed E-state index contributed by atoms with van der Waals surface area (Å²) in [6.45, 7) is 4.73. The molecule has 2 N–H and O–H groups in total. The summed E-state index contributed by atoms with van der Waals surface area (Å²) in [5, 5.41) is 5.61. The Bertz CT molecular complexity index is 992. The molecule has 2 aromatic heterocycles. The van der Waals surface area contributed by atoms with Crippen molar-refractivity contribution in [2.75, 3.05) is 19.6 Å². The Hall–Kier alpha value is -3.00. The van der Waals surface area contributed by atoms with Crippen molar-refractivity contribution in [3.63, 3.8) is 0 Å². The molecule has 3 heterocycles. The van der Waals surface area contributed by atoms with Crippen molar-refractivity contribution in [1.29, 1.82) is 0 Å². The zero-order valence-corrected chi connectivity index (χ0v) is 14.5. The molecular formula is C18H20N6O2. The number of carbonyl (C=O) groups excluding carboxylic acids is 1. The van der Waals surface area contributed by atoms with Gasteiger partial charge in [0.2, 0.25) is 5.82 Å². The maximum Gasteiger partial charge on any atom is 0.288 e. The number of H-pyrrole nitrogens is 1. The normalized spacial score (nSPS) is 17.2. The van der Waals surface area contributed by atoms with Crippen molar-refractivity contribution in [2.45, 2.75) is 19.4 Å². The number of rotatable bonds is 5. The molecule has 0 aliphatic carbocycles. The van der Waals surface area contributed by atoms with Gasteiger partial charge in [-0.3, -0.25) is 19.6 Å². The fourth-order valence-electron chi connectivity index (χ4n) is 3.18. The molecule has 0 bridgehead atoms. The van der Waals surface area contributed by atoms with Crippen LogP contribution in [0, 0.1) is 0 Å². The number of likely N-dealkylation sites (N-methyl/N-ethyl adjacent to an activating group) is 1. The molecule has 1 aliphatic rings. The van der Waals surface area contributed by atoms with Crippen LogP contribution >= 0.6 is 0 Å². The van der Waals surface area contributed by atoms with E-state index in [1.54, 1.807) is 0 Å². The first-order valence-corrected chi connectivity index (χ1v) is 8.73. The summed E-state index contributed by atoms with van der Waals surface area (Å²) in [6, 6.07) is 11.2. The maximum absolute atomic E-state index is 12.4. The second kappa shape index (κ2) is 6.72. The molecule has 0 saturated carbocycles. The highest BCUT2D eigenvalue weighted by atomic mass is 16.2. The molecule has 1 fully saturated rings. The van der Waals surface area contributed by atoms with Gasteiger partial charge in [-0.05, 0) is 13.0 Å². The summed E-state index contributed by atoms with van der Waals surface area (Å²) in [5.74, 6) is -0.0679. The minimum absolute atomic E-state index is 0.0854. The third-order valence-electron chi connectivity index (χ3n) is 4.79. The number of aromatic amines is 1. The van der Waals surface area contributed by atoms with Crippen LogP contribution in [0.4, 0.5) is 0 Å². The number of likely N-dealkylation sites (tertiary alicyclic amines) is 1. The molecular weight excluding hydrogens is 332 g/mol. The number of nitrogens with one attached hydrogen (secondary N) is 2. The minimum atomic E-state index is -0.334. The van der Waals surface area contributed by atoms with Crippen LogP contribution in [0.5, 0.6) is 0 Å². The number of fused-ring (bicyclic) bond motifs is 1. The molecule has 3 aromatic rings. The Kier molecular flexibility index (Phi) is 4.26. The predicted octanol–water partition coefficient (Wildman–Crippen LogP) is 0.909. The van der Waals surface area contributed by atoms with E-state index in [0.717, 1.165) is 25.1 Å². The summed E-state index contributed by atoms with van der Waals surface area (Å²) in [5.41, 5.74) is 1.05. The lowest BCUT2D eigenvalue weighted by molar-refractivity contribution is 0.0807. The highest BCUT2D eigenvalue weighted by Gasteiger charge is 2.27. The van der Waals surface area contributed by atoms with E-state index in [-0.39, 0.29) is 23.1 Å². The molecule has 26 heavy (non-hydrogen) atoms. The number of amides is 1. The first kappa shape index (κ1) is 16.5. The Morgan fingerprint density at radius 3 is 2.81 bits per heavy atom. The van der Waals surface area contributed by atoms with Crippen LogP contribution in [-0.4, -0.2) is 56.1 Å². The topological polar surface area (TPSA) is 95.4 Å². The summed E-state index contributed by atoms with van der Waals surface area (Å²) in [7, 11) is 0. The highest BCUT2D eigenvalue weighted by molar-refractivity contribution is 5.90. The van der Waals surface area contributed by atoms with E-state index < -0.39 is 0 Å². The van der Waals surface area contributed by atoms with Gasteiger partial charge in [-0.25, -0.2) is 4.98 Å². The number of hydrogen-bond donors (Lipinski definition) is 2. The Labute approximate surface area is 149 Å². The zero-order valence-electron chi connectivity index (χ0n) is 14.5. The van der Waals surface area contributed by atoms with Crippen molar-refractivity contribution in [2.24, 2.45) is 0 Å². The van der Waals surface area contributed by atoms with Crippen molar-refractivity contribution in [1.82, 2.24) is 29.8 Å². The fraction of sp³-hybridized carbons (Fsp3) is 0.333. The first-order chi connectivity index (χ1) is 12.7. The van der Waals surface area contributed by atoms with E-state index in [1.165, 1.54) is 10.6 Å². The minimum Gasteiger partial charge on any atom is -0.348 e. The van der Waals surface area contributed by atoms with E-state index in [1.807, 2.05) is 30.3 Å². The second-order valence-corrected chi connectivity index (χ2v) is 6.33. The molecule has 8 nitrogen and oxygen atoms in total. The maximum atomic E-state index is 12.4. The predicted molar refractivity (Wildman–Crippen MR) is 97.0 cm³/mol. The lowest BCUT2D eigenvalue weighted by Gasteiger charge is -2.40. The highest BCUT2D eigenvalue weighted by Crippen LogP contribution is 2.16. The lowest BCUT2D eigenvalue weighted by Crippen LogP contribution is -2.53. The monoisotopic (exact) mass is 352 g/mol. The third-order valence-corrected chi connectivity index (χ3v) is 4.79. The van der Waals surface area contributed by atoms with Gasteiger partial charge in [-0.1, -0.05) is 37.3 Å². The number of aromatic nitrogens is 4. The van der Waals surface area contributed by atoms with Crippen LogP contribution in [0.3, 0.4) is 0 Å². The lowest BCUT2D eigenvalue weighted by atomic mass is 10.0. The van der Waals surface area contributed by atoms with Crippen molar-refractivity contribution in [3.05, 3.63) is 52.6 Å². The van der Waals surface area contributed by atoms with Gasteiger partial charge in [-0.2, -0.15) is 9.50 Å². The number of benzene rings is 1. The summed E-state index contributed by atoms with van der Waals surface area (Å²) in [6.07, 6.45) is 1.08. The Balaban J connectivity index is 1.56. The van der Waals surface area contributed by atoms with E-state index >= 15 is 0 Å². The van der Waals surface area contributed by atoms with Gasteiger partial charge in [0.15, 0.2) is 0 Å². The molecule has 1 amide bonds. The molecule has 1 aliphatic heterocycles. The third kappa shape index (κ3) is 2.99. The van der Waals surface area contributed by atoms with E-state index in [0.29, 0.717) is 18.3 Å². The molecule has 8 heteroatoms. The second-order valence-electron chi connectivity index (χ2n) is 6.33. The molecule has 1 unspecified atom stereocenters. The number of carbonyl (C=O) groups is 1. The molecule has 1 aromatic carbocycles. The molecule has 134 valence electrons. The van der Waals surface area contributed by atoms with E-state index in [4.69, 9.17) is 0 Å². The first-order valence-electron chi connectivity index (χ1n) is 8.73. The van der Waals surface area contributed by atoms with Gasteiger partial charge in [0.1, 0.15) is 0 Å². The van der Waals surface area contributed by atoms with Crippen molar-refractivity contribution >= 4 is 11.7 Å². The SMILES string of the molecule is CCN1CCC1CNC(=O)c1nc2nc(-c3ccccc3)cc(=O)n2[nH]1. The average Bonchev–Trinajstić information content (AvgIpc) is 3.07. The van der Waals surface area contributed by atoms with Gasteiger partial charge < -0.3 is 5.32 Å². The van der Waals surface area contributed by atoms with Crippen LogP contribution in [0.15, 0.2) is 41.2 Å². The van der Waals surface area contributed by atoms with Crippen LogP contribution in [0.25, 0.3) is 17.0 Å². The Morgan fingerprint density at radius 2 is 2.12 bits per heavy atom. The number of nitrogens with zero attached hydrogens (tertiary/aromatic N) is 4. The van der Waals surface area contributed by atoms with Gasteiger partial charge in [0.05, 0.1) is 5.69 Å². The summed E-state index contributed by atoms with van der Waals surface area (Å²) < 4.78 is 1.18. The standard InChI is InChI=1S/C18H20N6O2/c1-2-23-9-8-13(23)11-19-17(26)16-21-18-20-14(10-15(25)24(18)22-16)12-6-4-3-5-7-12/h3-7,10,13H,2,8-9,11H2,1H3,(H,19,26)(H,20,21,22). The molecule has 4 rings (SSSR count).